The van der Waals surface area contributed by atoms with Gasteiger partial charge in [0.1, 0.15) is 0 Å². The van der Waals surface area contributed by atoms with Crippen LogP contribution < -0.4 is 10.6 Å². The highest BCUT2D eigenvalue weighted by atomic mass is 16.5. The number of carbonyl (C=O) groups is 1. The van der Waals surface area contributed by atoms with E-state index in [-0.39, 0.29) is 17.5 Å². The van der Waals surface area contributed by atoms with Crippen LogP contribution in [0, 0.1) is 0 Å². The van der Waals surface area contributed by atoms with Crippen molar-refractivity contribution in [3.8, 4) is 0 Å². The number of hydrogen-bond donors (Lipinski definition) is 2. The first-order chi connectivity index (χ1) is 7.58. The summed E-state index contributed by atoms with van der Waals surface area (Å²) >= 11 is 0. The van der Waals surface area contributed by atoms with E-state index in [0.717, 1.165) is 25.8 Å². The number of ether oxygens (including phenoxy) is 1. The molecule has 1 saturated heterocycles. The van der Waals surface area contributed by atoms with Gasteiger partial charge in [-0.15, -0.1) is 0 Å². The summed E-state index contributed by atoms with van der Waals surface area (Å²) < 4.78 is 5.00. The molecule has 94 valence electrons. The Labute approximate surface area is 98.1 Å². The summed E-state index contributed by atoms with van der Waals surface area (Å²) in [7, 11) is 1.68. The Morgan fingerprint density at radius 3 is 2.88 bits per heavy atom. The monoisotopic (exact) mass is 228 g/mol. The molecule has 1 fully saturated rings. The maximum Gasteiger partial charge on any atom is 0.240 e. The van der Waals surface area contributed by atoms with E-state index in [1.807, 2.05) is 13.8 Å². The second kappa shape index (κ2) is 6.21. The molecule has 0 aromatic rings. The zero-order valence-corrected chi connectivity index (χ0v) is 10.6. The van der Waals surface area contributed by atoms with Crippen LogP contribution in [0.5, 0.6) is 0 Å². The lowest BCUT2D eigenvalue weighted by atomic mass is 9.90. The quantitative estimate of drug-likeness (QED) is 0.740. The minimum atomic E-state index is -0.375. The van der Waals surface area contributed by atoms with Crippen LogP contribution in [-0.4, -0.2) is 37.7 Å². The highest BCUT2D eigenvalue weighted by molar-refractivity contribution is 5.86. The molecule has 0 aromatic heterocycles. The van der Waals surface area contributed by atoms with Crippen LogP contribution in [0.1, 0.15) is 39.5 Å². The van der Waals surface area contributed by atoms with Crippen molar-refractivity contribution in [3.05, 3.63) is 0 Å². The molecule has 1 amide bonds. The molecular weight excluding hydrogens is 204 g/mol. The third-order valence-corrected chi connectivity index (χ3v) is 3.25. The van der Waals surface area contributed by atoms with E-state index in [0.29, 0.717) is 6.61 Å². The Morgan fingerprint density at radius 2 is 2.31 bits per heavy atom. The zero-order valence-electron chi connectivity index (χ0n) is 10.6. The van der Waals surface area contributed by atoms with Gasteiger partial charge in [0, 0.05) is 19.8 Å². The van der Waals surface area contributed by atoms with Crippen LogP contribution in [0.2, 0.25) is 0 Å². The molecule has 2 unspecified atom stereocenters. The molecule has 0 saturated carbocycles. The van der Waals surface area contributed by atoms with Gasteiger partial charge >= 0.3 is 0 Å². The molecule has 0 spiro atoms. The topological polar surface area (TPSA) is 50.4 Å². The summed E-state index contributed by atoms with van der Waals surface area (Å²) in [5, 5.41) is 6.36. The van der Waals surface area contributed by atoms with Crippen LogP contribution >= 0.6 is 0 Å². The van der Waals surface area contributed by atoms with Crippen molar-refractivity contribution < 1.29 is 9.53 Å². The first kappa shape index (κ1) is 13.5. The summed E-state index contributed by atoms with van der Waals surface area (Å²) in [6, 6.07) is 0.174. The van der Waals surface area contributed by atoms with Gasteiger partial charge in [0.25, 0.3) is 0 Å². The maximum atomic E-state index is 12.1. The number of amides is 1. The van der Waals surface area contributed by atoms with Gasteiger partial charge in [0.05, 0.1) is 5.54 Å². The average molecular weight is 228 g/mol. The summed E-state index contributed by atoms with van der Waals surface area (Å²) in [5.74, 6) is 0.121. The average Bonchev–Trinajstić information content (AvgIpc) is 2.27. The van der Waals surface area contributed by atoms with E-state index in [1.165, 1.54) is 6.42 Å². The Balaban J connectivity index is 2.38. The van der Waals surface area contributed by atoms with E-state index in [9.17, 15) is 4.79 Å². The van der Waals surface area contributed by atoms with Crippen molar-refractivity contribution in [1.29, 1.82) is 0 Å². The summed E-state index contributed by atoms with van der Waals surface area (Å²) in [6.45, 7) is 5.63. The van der Waals surface area contributed by atoms with Crippen molar-refractivity contribution in [2.45, 2.75) is 51.1 Å². The van der Waals surface area contributed by atoms with Crippen molar-refractivity contribution in [2.24, 2.45) is 0 Å². The van der Waals surface area contributed by atoms with Gasteiger partial charge in [-0.05, 0) is 46.1 Å². The van der Waals surface area contributed by atoms with Crippen molar-refractivity contribution in [1.82, 2.24) is 10.6 Å². The highest BCUT2D eigenvalue weighted by Gasteiger charge is 2.34. The lowest BCUT2D eigenvalue weighted by molar-refractivity contribution is -0.128. The van der Waals surface area contributed by atoms with Gasteiger partial charge in [-0.2, -0.15) is 0 Å². The summed E-state index contributed by atoms with van der Waals surface area (Å²) in [5.41, 5.74) is -0.375. The molecule has 1 rings (SSSR count). The first-order valence-corrected chi connectivity index (χ1v) is 6.13. The minimum absolute atomic E-state index is 0.121. The van der Waals surface area contributed by atoms with Gasteiger partial charge in [-0.25, -0.2) is 0 Å². The predicted octanol–water partition coefficient (Wildman–Crippen LogP) is 1.06. The van der Waals surface area contributed by atoms with Crippen molar-refractivity contribution >= 4 is 5.91 Å². The molecule has 0 aromatic carbocycles. The number of rotatable bonds is 5. The maximum absolute atomic E-state index is 12.1. The van der Waals surface area contributed by atoms with Gasteiger partial charge < -0.3 is 15.4 Å². The summed E-state index contributed by atoms with van der Waals surface area (Å²) in [6.07, 6.45) is 4.08. The third-order valence-electron chi connectivity index (χ3n) is 3.25. The third kappa shape index (κ3) is 3.76. The van der Waals surface area contributed by atoms with E-state index in [1.54, 1.807) is 7.11 Å². The number of hydrogen-bond acceptors (Lipinski definition) is 3. The lowest BCUT2D eigenvalue weighted by Gasteiger charge is -2.34. The second-order valence-corrected chi connectivity index (χ2v) is 4.87. The highest BCUT2D eigenvalue weighted by Crippen LogP contribution is 2.18. The molecule has 4 nitrogen and oxygen atoms in total. The van der Waals surface area contributed by atoms with Crippen LogP contribution in [-0.2, 0) is 9.53 Å². The molecule has 1 heterocycles. The van der Waals surface area contributed by atoms with E-state index >= 15 is 0 Å². The summed E-state index contributed by atoms with van der Waals surface area (Å²) in [4.78, 5) is 12.1. The van der Waals surface area contributed by atoms with Crippen LogP contribution in [0.4, 0.5) is 0 Å². The molecule has 0 bridgehead atoms. The van der Waals surface area contributed by atoms with E-state index in [4.69, 9.17) is 4.74 Å². The molecule has 0 aliphatic carbocycles. The number of carbonyl (C=O) groups excluding carboxylic acids is 1. The molecular formula is C12H24N2O2. The van der Waals surface area contributed by atoms with Gasteiger partial charge in [0.15, 0.2) is 0 Å². The molecule has 1 aliphatic rings. The molecule has 2 N–H and O–H groups in total. The normalized spacial score (nSPS) is 27.4. The van der Waals surface area contributed by atoms with Crippen molar-refractivity contribution in [3.63, 3.8) is 0 Å². The second-order valence-electron chi connectivity index (χ2n) is 4.87. The SMILES string of the molecule is COCCC(C)NC(=O)C1(C)CCCCN1. The minimum Gasteiger partial charge on any atom is -0.385 e. The number of piperidine rings is 1. The van der Waals surface area contributed by atoms with Gasteiger partial charge in [-0.1, -0.05) is 0 Å². The van der Waals surface area contributed by atoms with E-state index < -0.39 is 0 Å². The van der Waals surface area contributed by atoms with E-state index in [2.05, 4.69) is 10.6 Å². The molecule has 16 heavy (non-hydrogen) atoms. The van der Waals surface area contributed by atoms with Gasteiger partial charge in [-0.3, -0.25) is 4.79 Å². The van der Waals surface area contributed by atoms with Gasteiger partial charge in [0.2, 0.25) is 5.91 Å². The van der Waals surface area contributed by atoms with Crippen LogP contribution in [0.25, 0.3) is 0 Å². The van der Waals surface area contributed by atoms with Crippen molar-refractivity contribution in [2.75, 3.05) is 20.3 Å². The molecule has 2 atom stereocenters. The first-order valence-electron chi connectivity index (χ1n) is 6.13. The standard InChI is InChI=1S/C12H24N2O2/c1-10(6-9-16-3)14-11(15)12(2)7-4-5-8-13-12/h10,13H,4-9H2,1-3H3,(H,14,15). The Hall–Kier alpha value is -0.610. The Morgan fingerprint density at radius 1 is 1.56 bits per heavy atom. The fourth-order valence-electron chi connectivity index (χ4n) is 2.00. The number of nitrogens with one attached hydrogen (secondary N) is 2. The predicted molar refractivity (Wildman–Crippen MR) is 64.4 cm³/mol. The Kier molecular flexibility index (Phi) is 5.22. The van der Waals surface area contributed by atoms with Crippen LogP contribution in [0.3, 0.4) is 0 Å². The molecule has 0 radical (unpaired) electrons. The smallest absolute Gasteiger partial charge is 0.240 e. The fraction of sp³-hybridized carbons (Fsp3) is 0.917. The largest absolute Gasteiger partial charge is 0.385 e. The number of methoxy groups -OCH3 is 1. The molecule has 1 aliphatic heterocycles. The van der Waals surface area contributed by atoms with Crippen LogP contribution in [0.15, 0.2) is 0 Å². The zero-order chi connectivity index (χ0) is 12.0. The molecule has 4 heteroatoms. The Bertz CT molecular complexity index is 225. The lowest BCUT2D eigenvalue weighted by Crippen LogP contribution is -2.58. The fourth-order valence-corrected chi connectivity index (χ4v) is 2.00.